The third kappa shape index (κ3) is 4.38. The average Bonchev–Trinajstić information content (AvgIpc) is 3.05. The molecule has 0 aromatic carbocycles. The molecule has 0 bridgehead atoms. The third-order valence-corrected chi connectivity index (χ3v) is 6.74. The normalized spacial score (nSPS) is 20.5. The van der Waals surface area contributed by atoms with Crippen LogP contribution in [0.25, 0.3) is 16.9 Å². The van der Waals surface area contributed by atoms with Gasteiger partial charge in [-0.05, 0) is 24.0 Å². The van der Waals surface area contributed by atoms with E-state index < -0.39 is 28.1 Å². The Balaban J connectivity index is 1.60. The van der Waals surface area contributed by atoms with Crippen molar-refractivity contribution in [2.45, 2.75) is 38.4 Å². The number of halogens is 2. The molecule has 3 aromatic heterocycles. The molecule has 166 valence electrons. The predicted molar refractivity (Wildman–Crippen MR) is 114 cm³/mol. The summed E-state index contributed by atoms with van der Waals surface area (Å²) in [5, 5.41) is 7.27. The molecule has 1 aliphatic rings. The number of anilines is 1. The maximum Gasteiger partial charge on any atom is 0.241 e. The molecular formula is C20H24F2N6O2S. The second kappa shape index (κ2) is 8.12. The van der Waals surface area contributed by atoms with Gasteiger partial charge in [0.25, 0.3) is 0 Å². The number of aromatic nitrogens is 4. The van der Waals surface area contributed by atoms with E-state index in [0.29, 0.717) is 17.3 Å². The summed E-state index contributed by atoms with van der Waals surface area (Å²) < 4.78 is 54.8. The molecule has 1 N–H and O–H groups in total. The van der Waals surface area contributed by atoms with Crippen LogP contribution in [0.3, 0.4) is 0 Å². The maximum atomic E-state index is 14.6. The lowest BCUT2D eigenvalue weighted by molar-refractivity contribution is 0.186. The van der Waals surface area contributed by atoms with E-state index in [1.807, 2.05) is 12.1 Å². The van der Waals surface area contributed by atoms with E-state index in [2.05, 4.69) is 34.2 Å². The largest absolute Gasteiger partial charge is 0.347 e. The van der Waals surface area contributed by atoms with Crippen molar-refractivity contribution in [2.24, 2.45) is 0 Å². The standard InChI is InChI=1S/C20H24F2N6O2S/c1-12(2)13-4-5-17(23-9-13)18-8-14(21)19-10-24-20(26-28(18)19)25-16-6-7-27(11-15(16)22)31(3,29)30/h4-5,8-10,12,15-16H,6-7,11H2,1-3H3,(H,25,26)/t15-,16-/m1/s1. The summed E-state index contributed by atoms with van der Waals surface area (Å²) >= 11 is 0. The summed E-state index contributed by atoms with van der Waals surface area (Å²) in [5.74, 6) is -0.0343. The number of rotatable bonds is 5. The number of pyridine rings is 1. The smallest absolute Gasteiger partial charge is 0.241 e. The maximum absolute atomic E-state index is 14.6. The van der Waals surface area contributed by atoms with Crippen molar-refractivity contribution in [3.8, 4) is 11.4 Å². The molecule has 4 rings (SSSR count). The third-order valence-electron chi connectivity index (χ3n) is 5.47. The van der Waals surface area contributed by atoms with Gasteiger partial charge in [-0.3, -0.25) is 4.98 Å². The van der Waals surface area contributed by atoms with Crippen molar-refractivity contribution >= 4 is 21.5 Å². The molecule has 0 aliphatic carbocycles. The molecule has 2 atom stereocenters. The first-order valence-electron chi connectivity index (χ1n) is 10.00. The lowest BCUT2D eigenvalue weighted by Gasteiger charge is -2.33. The molecule has 1 saturated heterocycles. The van der Waals surface area contributed by atoms with Crippen molar-refractivity contribution in [3.05, 3.63) is 42.0 Å². The lowest BCUT2D eigenvalue weighted by atomic mass is 10.1. The number of alkyl halides is 1. The van der Waals surface area contributed by atoms with Gasteiger partial charge in [0.05, 0.1) is 29.9 Å². The summed E-state index contributed by atoms with van der Waals surface area (Å²) in [5.41, 5.74) is 2.25. The monoisotopic (exact) mass is 450 g/mol. The second-order valence-corrected chi connectivity index (χ2v) is 10.0. The van der Waals surface area contributed by atoms with Gasteiger partial charge in [-0.15, -0.1) is 5.10 Å². The minimum Gasteiger partial charge on any atom is -0.347 e. The Morgan fingerprint density at radius 1 is 1.23 bits per heavy atom. The average molecular weight is 451 g/mol. The van der Waals surface area contributed by atoms with Gasteiger partial charge in [0.1, 0.15) is 11.7 Å². The molecule has 11 heteroatoms. The highest BCUT2D eigenvalue weighted by molar-refractivity contribution is 7.88. The molecule has 1 fully saturated rings. The highest BCUT2D eigenvalue weighted by Crippen LogP contribution is 2.25. The predicted octanol–water partition coefficient (Wildman–Crippen LogP) is 2.84. The van der Waals surface area contributed by atoms with Crippen molar-refractivity contribution in [2.75, 3.05) is 24.7 Å². The number of fused-ring (bicyclic) bond motifs is 1. The SMILES string of the molecule is CC(C)c1ccc(-c2cc(F)c3cnc(N[C@@H]4CCN(S(C)(=O)=O)C[C@H]4F)nn23)nc1. The highest BCUT2D eigenvalue weighted by Gasteiger charge is 2.33. The van der Waals surface area contributed by atoms with Gasteiger partial charge in [-0.2, -0.15) is 4.31 Å². The molecule has 0 spiro atoms. The lowest BCUT2D eigenvalue weighted by Crippen LogP contribution is -2.49. The number of nitrogens with one attached hydrogen (secondary N) is 1. The van der Waals surface area contributed by atoms with Gasteiger partial charge in [0.2, 0.25) is 16.0 Å². The van der Waals surface area contributed by atoms with E-state index in [1.165, 1.54) is 16.8 Å². The second-order valence-electron chi connectivity index (χ2n) is 8.06. The Morgan fingerprint density at radius 3 is 2.61 bits per heavy atom. The van der Waals surface area contributed by atoms with Crippen molar-refractivity contribution in [1.29, 1.82) is 0 Å². The molecular weight excluding hydrogens is 426 g/mol. The van der Waals surface area contributed by atoms with Crippen LogP contribution in [-0.4, -0.2) is 63.9 Å². The van der Waals surface area contributed by atoms with Crippen LogP contribution in [-0.2, 0) is 10.0 Å². The Bertz CT molecular complexity index is 1200. The van der Waals surface area contributed by atoms with Crippen LogP contribution in [0, 0.1) is 5.82 Å². The van der Waals surface area contributed by atoms with Crippen LogP contribution in [0.4, 0.5) is 14.7 Å². The zero-order chi connectivity index (χ0) is 22.3. The Morgan fingerprint density at radius 2 is 2.00 bits per heavy atom. The van der Waals surface area contributed by atoms with E-state index in [-0.39, 0.29) is 31.0 Å². The first kappa shape index (κ1) is 21.6. The highest BCUT2D eigenvalue weighted by atomic mass is 32.2. The van der Waals surface area contributed by atoms with Gasteiger partial charge >= 0.3 is 0 Å². The zero-order valence-corrected chi connectivity index (χ0v) is 18.3. The Hall–Kier alpha value is -2.66. The minimum atomic E-state index is -3.44. The molecule has 0 saturated carbocycles. The number of sulfonamides is 1. The van der Waals surface area contributed by atoms with Crippen LogP contribution in [0.2, 0.25) is 0 Å². The van der Waals surface area contributed by atoms with E-state index >= 15 is 0 Å². The van der Waals surface area contributed by atoms with Gasteiger partial charge in [-0.1, -0.05) is 19.9 Å². The van der Waals surface area contributed by atoms with E-state index in [0.717, 1.165) is 16.1 Å². The van der Waals surface area contributed by atoms with Gasteiger partial charge in [-0.25, -0.2) is 26.7 Å². The van der Waals surface area contributed by atoms with E-state index in [9.17, 15) is 17.2 Å². The fourth-order valence-electron chi connectivity index (χ4n) is 3.61. The summed E-state index contributed by atoms with van der Waals surface area (Å²) in [4.78, 5) is 8.54. The first-order chi connectivity index (χ1) is 14.6. The minimum absolute atomic E-state index is 0.128. The fraction of sp³-hybridized carbons (Fsp3) is 0.450. The topological polar surface area (TPSA) is 92.5 Å². The molecule has 0 amide bonds. The van der Waals surface area contributed by atoms with Crippen LogP contribution in [0.1, 0.15) is 31.7 Å². The van der Waals surface area contributed by atoms with E-state index in [4.69, 9.17) is 0 Å². The van der Waals surface area contributed by atoms with Crippen molar-refractivity contribution in [3.63, 3.8) is 0 Å². The summed E-state index contributed by atoms with van der Waals surface area (Å²) in [6, 6.07) is 4.44. The van der Waals surface area contributed by atoms with Crippen molar-refractivity contribution < 1.29 is 17.2 Å². The molecule has 3 aromatic rings. The van der Waals surface area contributed by atoms with Crippen LogP contribution in [0.5, 0.6) is 0 Å². The number of nitrogens with zero attached hydrogens (tertiary/aromatic N) is 5. The van der Waals surface area contributed by atoms with Crippen LogP contribution >= 0.6 is 0 Å². The number of hydrogen-bond donors (Lipinski definition) is 1. The zero-order valence-electron chi connectivity index (χ0n) is 17.5. The molecule has 8 nitrogen and oxygen atoms in total. The van der Waals surface area contributed by atoms with E-state index in [1.54, 1.807) is 6.20 Å². The molecule has 0 radical (unpaired) electrons. The first-order valence-corrected chi connectivity index (χ1v) is 11.8. The Labute approximate surface area is 179 Å². The summed E-state index contributed by atoms with van der Waals surface area (Å²) in [6.45, 7) is 4.10. The van der Waals surface area contributed by atoms with Gasteiger partial charge in [0, 0.05) is 25.4 Å². The van der Waals surface area contributed by atoms with Crippen LogP contribution < -0.4 is 5.32 Å². The molecule has 1 aliphatic heterocycles. The van der Waals surface area contributed by atoms with Crippen LogP contribution in [0.15, 0.2) is 30.6 Å². The number of hydrogen-bond acceptors (Lipinski definition) is 6. The van der Waals surface area contributed by atoms with Gasteiger partial charge < -0.3 is 5.32 Å². The number of piperidine rings is 1. The fourth-order valence-corrected chi connectivity index (χ4v) is 4.46. The van der Waals surface area contributed by atoms with Crippen molar-refractivity contribution in [1.82, 2.24) is 23.9 Å². The summed E-state index contributed by atoms with van der Waals surface area (Å²) in [7, 11) is -3.44. The molecule has 0 unspecified atom stereocenters. The molecule has 4 heterocycles. The van der Waals surface area contributed by atoms with Gasteiger partial charge in [0.15, 0.2) is 5.82 Å². The summed E-state index contributed by atoms with van der Waals surface area (Å²) in [6.07, 6.45) is 2.99. The quantitative estimate of drug-likeness (QED) is 0.643. The Kier molecular flexibility index (Phi) is 5.65. The molecule has 31 heavy (non-hydrogen) atoms.